The predicted molar refractivity (Wildman–Crippen MR) is 144 cm³/mol. The maximum absolute atomic E-state index is 9.93. The van der Waals surface area contributed by atoms with Crippen molar-refractivity contribution >= 4 is 21.7 Å². The number of nitrogens with zero attached hydrogens (tertiary/aromatic N) is 4. The van der Waals surface area contributed by atoms with Crippen molar-refractivity contribution in [2.45, 2.75) is 95.7 Å². The van der Waals surface area contributed by atoms with Gasteiger partial charge in [0.2, 0.25) is 17.4 Å². The summed E-state index contributed by atoms with van der Waals surface area (Å²) in [5.74, 6) is 2.05. The standard InChI is InChI=1S/C28H40BrN5O5/c1-17(2)16-34(26-23(29)15-31-25(14-30)32-26)33-24(5-8-35)20-3-6-27(7-4-20)36-38-28(39-37-27)21-10-18-9-19(12-21)13-22(28)11-18/h15,17-22,24,33,35H,3-13,16H2,1-2H3. The molecular formula is C28H40BrN5O5. The van der Waals surface area contributed by atoms with Gasteiger partial charge in [-0.25, -0.2) is 10.4 Å². The molecule has 1 aromatic heterocycles. The normalized spacial score (nSPS) is 37.9. The van der Waals surface area contributed by atoms with Crippen molar-refractivity contribution in [2.24, 2.45) is 35.5 Å². The van der Waals surface area contributed by atoms with Crippen LogP contribution < -0.4 is 10.4 Å². The highest BCUT2D eigenvalue weighted by molar-refractivity contribution is 9.10. The van der Waals surface area contributed by atoms with Gasteiger partial charge < -0.3 is 5.11 Å². The summed E-state index contributed by atoms with van der Waals surface area (Å²) in [5, 5.41) is 21.3. The molecular weight excluding hydrogens is 566 g/mol. The summed E-state index contributed by atoms with van der Waals surface area (Å²) in [5.41, 5.74) is 3.64. The van der Waals surface area contributed by atoms with Gasteiger partial charge >= 0.3 is 0 Å². The Morgan fingerprint density at radius 2 is 1.74 bits per heavy atom. The van der Waals surface area contributed by atoms with E-state index >= 15 is 0 Å². The molecule has 0 amide bonds. The van der Waals surface area contributed by atoms with Crippen LogP contribution in [0, 0.1) is 46.8 Å². The molecule has 10 nitrogen and oxygen atoms in total. The summed E-state index contributed by atoms with van der Waals surface area (Å²) in [7, 11) is 0. The van der Waals surface area contributed by atoms with Gasteiger partial charge in [0.15, 0.2) is 5.82 Å². The first kappa shape index (κ1) is 27.8. The Labute approximate surface area is 238 Å². The molecule has 1 unspecified atom stereocenters. The lowest BCUT2D eigenvalue weighted by molar-refractivity contribution is -0.680. The molecule has 11 heteroatoms. The number of rotatable bonds is 8. The second kappa shape index (κ2) is 11.1. The third kappa shape index (κ3) is 5.34. The molecule has 1 aromatic rings. The van der Waals surface area contributed by atoms with Crippen molar-refractivity contribution in [2.75, 3.05) is 18.2 Å². The second-order valence-electron chi connectivity index (χ2n) is 12.8. The van der Waals surface area contributed by atoms with E-state index in [0.717, 1.165) is 50.4 Å². The molecule has 5 aliphatic carbocycles. The average Bonchev–Trinajstić information content (AvgIpc) is 2.92. The summed E-state index contributed by atoms with van der Waals surface area (Å²) in [4.78, 5) is 33.2. The minimum Gasteiger partial charge on any atom is -0.396 e. The highest BCUT2D eigenvalue weighted by Gasteiger charge is 2.64. The lowest BCUT2D eigenvalue weighted by atomic mass is 9.53. The van der Waals surface area contributed by atoms with Crippen molar-refractivity contribution in [3.05, 3.63) is 16.5 Å². The number of hydrogen-bond acceptors (Lipinski definition) is 10. The molecule has 0 aromatic carbocycles. The fourth-order valence-corrected chi connectivity index (χ4v) is 8.39. The molecule has 2 heterocycles. The number of hydrazine groups is 1. The highest BCUT2D eigenvalue weighted by atomic mass is 79.9. The van der Waals surface area contributed by atoms with Crippen LogP contribution >= 0.6 is 15.9 Å². The molecule has 2 spiro atoms. The Kier molecular flexibility index (Phi) is 7.92. The third-order valence-electron chi connectivity index (χ3n) is 9.68. The molecule has 5 saturated carbocycles. The van der Waals surface area contributed by atoms with Crippen LogP contribution in [-0.4, -0.2) is 45.8 Å². The average molecular weight is 607 g/mol. The highest BCUT2D eigenvalue weighted by Crippen LogP contribution is 2.62. The second-order valence-corrected chi connectivity index (χ2v) is 13.7. The maximum atomic E-state index is 9.93. The first-order chi connectivity index (χ1) is 18.8. The SMILES string of the molecule is CC(C)CN(NC(CCO)C1CCC2(CC1)OOC1(OO2)C2CC3CC(C2)CC1C3)c1nc(C#N)ncc1Br. The van der Waals surface area contributed by atoms with E-state index in [1.807, 2.05) is 11.1 Å². The quantitative estimate of drug-likeness (QED) is 0.316. The van der Waals surface area contributed by atoms with Gasteiger partial charge in [0.05, 0.1) is 4.47 Å². The van der Waals surface area contributed by atoms with Crippen LogP contribution in [0.1, 0.15) is 83.9 Å². The van der Waals surface area contributed by atoms with E-state index in [0.29, 0.717) is 53.9 Å². The van der Waals surface area contributed by atoms with Gasteiger partial charge in [-0.2, -0.15) is 29.8 Å². The van der Waals surface area contributed by atoms with Gasteiger partial charge in [0.1, 0.15) is 6.07 Å². The molecule has 214 valence electrons. The summed E-state index contributed by atoms with van der Waals surface area (Å²) >= 11 is 3.55. The van der Waals surface area contributed by atoms with Crippen molar-refractivity contribution in [1.29, 1.82) is 5.26 Å². The fraction of sp³-hybridized carbons (Fsp3) is 0.821. The molecule has 0 radical (unpaired) electrons. The smallest absolute Gasteiger partial charge is 0.239 e. The van der Waals surface area contributed by atoms with Crippen LogP contribution in [0.3, 0.4) is 0 Å². The Hall–Kier alpha value is -1.39. The van der Waals surface area contributed by atoms with Gasteiger partial charge in [-0.1, -0.05) is 13.8 Å². The van der Waals surface area contributed by atoms with Gasteiger partial charge in [-0.15, -0.1) is 0 Å². The van der Waals surface area contributed by atoms with Crippen molar-refractivity contribution < 1.29 is 24.7 Å². The first-order valence-corrected chi connectivity index (χ1v) is 15.4. The molecule has 1 saturated heterocycles. The van der Waals surface area contributed by atoms with Gasteiger partial charge in [0.25, 0.3) is 0 Å². The van der Waals surface area contributed by atoms with Gasteiger partial charge in [-0.3, -0.25) is 5.01 Å². The number of nitriles is 1. The number of hydrogen-bond donors (Lipinski definition) is 2. The van der Waals surface area contributed by atoms with E-state index in [2.05, 4.69) is 45.2 Å². The third-order valence-corrected chi connectivity index (χ3v) is 10.2. The lowest BCUT2D eigenvalue weighted by Gasteiger charge is -2.60. The zero-order valence-corrected chi connectivity index (χ0v) is 24.4. The number of aromatic nitrogens is 2. The summed E-state index contributed by atoms with van der Waals surface area (Å²) in [6.45, 7) is 5.01. The van der Waals surface area contributed by atoms with Crippen LogP contribution in [0.25, 0.3) is 0 Å². The Morgan fingerprint density at radius 3 is 2.31 bits per heavy atom. The minimum atomic E-state index is -0.880. The van der Waals surface area contributed by atoms with E-state index in [-0.39, 0.29) is 24.4 Å². The molecule has 7 rings (SSSR count). The molecule has 39 heavy (non-hydrogen) atoms. The topological polar surface area (TPSA) is 122 Å². The number of halogens is 1. The molecule has 6 fully saturated rings. The van der Waals surface area contributed by atoms with Crippen LogP contribution in [0.5, 0.6) is 0 Å². The van der Waals surface area contributed by atoms with Crippen molar-refractivity contribution in [3.63, 3.8) is 0 Å². The maximum Gasteiger partial charge on any atom is 0.239 e. The lowest BCUT2D eigenvalue weighted by Crippen LogP contribution is -2.65. The monoisotopic (exact) mass is 605 g/mol. The summed E-state index contributed by atoms with van der Waals surface area (Å²) in [6, 6.07) is 2.03. The first-order valence-electron chi connectivity index (χ1n) is 14.6. The molecule has 1 aliphatic heterocycles. The fourth-order valence-electron chi connectivity index (χ4n) is 7.98. The largest absolute Gasteiger partial charge is 0.396 e. The molecule has 6 aliphatic rings. The summed E-state index contributed by atoms with van der Waals surface area (Å²) in [6.07, 6.45) is 11.1. The zero-order valence-electron chi connectivity index (χ0n) is 22.9. The van der Waals surface area contributed by atoms with Crippen LogP contribution in [-0.2, 0) is 19.6 Å². The van der Waals surface area contributed by atoms with Gasteiger partial charge in [0, 0.05) is 50.1 Å². The van der Waals surface area contributed by atoms with E-state index in [1.54, 1.807) is 6.20 Å². The Bertz CT molecular complexity index is 1030. The Morgan fingerprint density at radius 1 is 1.10 bits per heavy atom. The van der Waals surface area contributed by atoms with Crippen LogP contribution in [0.2, 0.25) is 0 Å². The molecule has 2 N–H and O–H groups in total. The van der Waals surface area contributed by atoms with Crippen molar-refractivity contribution in [3.8, 4) is 6.07 Å². The van der Waals surface area contributed by atoms with Crippen LogP contribution in [0.15, 0.2) is 10.7 Å². The number of nitrogens with one attached hydrogen (secondary N) is 1. The number of anilines is 1. The summed E-state index contributed by atoms with van der Waals surface area (Å²) < 4.78 is 0.706. The molecule has 4 bridgehead atoms. The van der Waals surface area contributed by atoms with E-state index in [4.69, 9.17) is 19.6 Å². The predicted octanol–water partition coefficient (Wildman–Crippen LogP) is 4.78. The van der Waals surface area contributed by atoms with E-state index in [9.17, 15) is 10.4 Å². The number of aliphatic hydroxyl groups is 1. The zero-order chi connectivity index (χ0) is 27.2. The van der Waals surface area contributed by atoms with Crippen molar-refractivity contribution in [1.82, 2.24) is 15.4 Å². The number of aliphatic hydroxyl groups excluding tert-OH is 1. The Balaban J connectivity index is 1.11. The van der Waals surface area contributed by atoms with Crippen LogP contribution in [0.4, 0.5) is 5.82 Å². The minimum absolute atomic E-state index is 0.000280. The van der Waals surface area contributed by atoms with E-state index < -0.39 is 11.6 Å². The van der Waals surface area contributed by atoms with Gasteiger partial charge in [-0.05, 0) is 91.0 Å². The van der Waals surface area contributed by atoms with E-state index in [1.165, 1.54) is 6.42 Å². The molecule has 1 atom stereocenters.